The molecule has 0 aromatic heterocycles. The number of unbranched alkanes of at least 4 members (excludes halogenated alkanes) is 18. The minimum Gasteiger partial charge on any atom is -0.365 e. The summed E-state index contributed by atoms with van der Waals surface area (Å²) in [6, 6.07) is 0. The van der Waals surface area contributed by atoms with E-state index in [9.17, 15) is 5.11 Å². The molecule has 1 aliphatic heterocycles. The lowest BCUT2D eigenvalue weighted by Crippen LogP contribution is -2.43. The van der Waals surface area contributed by atoms with Gasteiger partial charge in [-0.2, -0.15) is 0 Å². The third kappa shape index (κ3) is 28.7. The van der Waals surface area contributed by atoms with Crippen LogP contribution in [0.25, 0.3) is 0 Å². The van der Waals surface area contributed by atoms with Crippen LogP contribution in [0.1, 0.15) is 207 Å². The van der Waals surface area contributed by atoms with Gasteiger partial charge in [-0.25, -0.2) is 0 Å². The molecule has 1 fully saturated rings. The van der Waals surface area contributed by atoms with Gasteiger partial charge >= 0.3 is 0 Å². The predicted molar refractivity (Wildman–Crippen MR) is 214 cm³/mol. The van der Waals surface area contributed by atoms with E-state index in [-0.39, 0.29) is 6.10 Å². The van der Waals surface area contributed by atoms with E-state index in [0.717, 1.165) is 64.5 Å². The Labute approximate surface area is 301 Å². The third-order valence-corrected chi connectivity index (χ3v) is 10.00. The fourth-order valence-electron chi connectivity index (χ4n) is 6.90. The van der Waals surface area contributed by atoms with Gasteiger partial charge in [0.25, 0.3) is 0 Å². The Balaban J connectivity index is 2.22. The molecule has 3 nitrogen and oxygen atoms in total. The molecule has 0 amide bonds. The van der Waals surface area contributed by atoms with E-state index in [2.05, 4.69) is 74.3 Å². The molecule has 1 rings (SSSR count). The highest BCUT2D eigenvalue weighted by Crippen LogP contribution is 2.29. The van der Waals surface area contributed by atoms with Gasteiger partial charge < -0.3 is 14.7 Å². The minimum absolute atomic E-state index is 0.220. The summed E-state index contributed by atoms with van der Waals surface area (Å²) in [6.45, 7) is 10.2. The number of hydrogen-bond acceptors (Lipinski definition) is 3. The summed E-state index contributed by atoms with van der Waals surface area (Å²) in [7, 11) is 0. The smallest absolute Gasteiger partial charge is 0.165 e. The van der Waals surface area contributed by atoms with Crippen molar-refractivity contribution >= 4 is 0 Å². The van der Waals surface area contributed by atoms with E-state index in [0.29, 0.717) is 0 Å². The molecular formula is C45H83NO2. The van der Waals surface area contributed by atoms with Gasteiger partial charge in [-0.05, 0) is 103 Å². The van der Waals surface area contributed by atoms with Crippen molar-refractivity contribution in [3.63, 3.8) is 0 Å². The Kier molecular flexibility index (Phi) is 32.1. The Morgan fingerprint density at radius 1 is 0.500 bits per heavy atom. The van der Waals surface area contributed by atoms with Crippen molar-refractivity contribution in [2.45, 2.75) is 219 Å². The third-order valence-electron chi connectivity index (χ3n) is 10.00. The Morgan fingerprint density at radius 3 is 1.27 bits per heavy atom. The number of piperidine rings is 1. The zero-order valence-corrected chi connectivity index (χ0v) is 32.6. The van der Waals surface area contributed by atoms with Gasteiger partial charge in [0.2, 0.25) is 0 Å². The van der Waals surface area contributed by atoms with Gasteiger partial charge in [-0.3, -0.25) is 0 Å². The highest BCUT2D eigenvalue weighted by atomic mass is 16.6. The van der Waals surface area contributed by atoms with Crippen LogP contribution in [0.5, 0.6) is 0 Å². The topological polar surface area (TPSA) is 32.7 Å². The number of aliphatic hydroxyl groups is 1. The van der Waals surface area contributed by atoms with E-state index in [4.69, 9.17) is 4.74 Å². The second-order valence-electron chi connectivity index (χ2n) is 14.8. The van der Waals surface area contributed by atoms with E-state index in [1.807, 2.05) is 0 Å². The molecule has 0 atom stereocenters. The summed E-state index contributed by atoms with van der Waals surface area (Å²) in [5.41, 5.74) is 0. The second kappa shape index (κ2) is 34.3. The molecule has 1 saturated heterocycles. The van der Waals surface area contributed by atoms with E-state index >= 15 is 0 Å². The average Bonchev–Trinajstić information content (AvgIpc) is 3.09. The molecule has 1 aliphatic rings. The minimum atomic E-state index is -0.928. The number of hydrogen-bond donors (Lipinski definition) is 1. The zero-order chi connectivity index (χ0) is 34.6. The average molecular weight is 670 g/mol. The summed E-state index contributed by atoms with van der Waals surface area (Å²) >= 11 is 0. The lowest BCUT2D eigenvalue weighted by atomic mass is 9.97. The van der Waals surface area contributed by atoms with Crippen molar-refractivity contribution in [1.82, 2.24) is 4.90 Å². The summed E-state index contributed by atoms with van der Waals surface area (Å²) in [5, 5.41) is 11.7. The lowest BCUT2D eigenvalue weighted by molar-refractivity contribution is -0.245. The Bertz CT molecular complexity index is 728. The molecule has 1 heterocycles. The number of nitrogens with zero attached hydrogens (tertiary/aromatic N) is 1. The Morgan fingerprint density at radius 2 is 0.875 bits per heavy atom. The summed E-state index contributed by atoms with van der Waals surface area (Å²) in [6.07, 6.45) is 54.0. The fraction of sp³-hybridized carbons (Fsp3) is 0.822. The largest absolute Gasteiger partial charge is 0.365 e. The summed E-state index contributed by atoms with van der Waals surface area (Å²) < 4.78 is 6.56. The van der Waals surface area contributed by atoms with Gasteiger partial charge in [0, 0.05) is 25.9 Å². The van der Waals surface area contributed by atoms with E-state index in [1.54, 1.807) is 0 Å². The summed E-state index contributed by atoms with van der Waals surface area (Å²) in [5.74, 6) is -0.928. The zero-order valence-electron chi connectivity index (χ0n) is 32.6. The van der Waals surface area contributed by atoms with Crippen molar-refractivity contribution in [1.29, 1.82) is 0 Å². The standard InChI is InChI=1S/C45H83NO2/c1-4-7-9-11-13-15-17-19-21-23-25-27-29-31-33-35-39-45(47,48-44-37-42-46(41-6-3)43-38-44)40-36-34-32-30-28-26-24-22-20-18-16-14-12-10-8-5-2/h13-16,19-22,44,47H,4-12,17-18,23-43H2,1-3H3/b15-13-,16-14-,21-19-,22-20-. The molecule has 0 bridgehead atoms. The second-order valence-corrected chi connectivity index (χ2v) is 14.8. The van der Waals surface area contributed by atoms with E-state index in [1.165, 1.54) is 141 Å². The molecule has 1 N–H and O–H groups in total. The first-order valence-corrected chi connectivity index (χ1v) is 21.4. The van der Waals surface area contributed by atoms with E-state index < -0.39 is 5.79 Å². The first-order valence-electron chi connectivity index (χ1n) is 21.4. The van der Waals surface area contributed by atoms with Crippen LogP contribution >= 0.6 is 0 Å². The molecule has 3 heteroatoms. The highest BCUT2D eigenvalue weighted by Gasteiger charge is 2.32. The normalized spacial score (nSPS) is 15.4. The van der Waals surface area contributed by atoms with Crippen LogP contribution in [0.2, 0.25) is 0 Å². The number of rotatable bonds is 34. The maximum Gasteiger partial charge on any atom is 0.165 e. The quantitative estimate of drug-likeness (QED) is 0.0420. The van der Waals surface area contributed by atoms with Gasteiger partial charge in [0.05, 0.1) is 6.10 Å². The van der Waals surface area contributed by atoms with Crippen LogP contribution < -0.4 is 0 Å². The molecule has 0 aromatic carbocycles. The first kappa shape index (κ1) is 44.9. The van der Waals surface area contributed by atoms with Crippen molar-refractivity contribution < 1.29 is 9.84 Å². The summed E-state index contributed by atoms with van der Waals surface area (Å²) in [4.78, 5) is 2.56. The van der Waals surface area contributed by atoms with Crippen molar-refractivity contribution in [2.24, 2.45) is 0 Å². The van der Waals surface area contributed by atoms with Crippen LogP contribution in [-0.4, -0.2) is 41.5 Å². The Hall–Kier alpha value is -1.16. The van der Waals surface area contributed by atoms with Crippen LogP contribution in [0, 0.1) is 0 Å². The number of allylic oxidation sites excluding steroid dienone is 8. The van der Waals surface area contributed by atoms with Crippen LogP contribution in [0.3, 0.4) is 0 Å². The van der Waals surface area contributed by atoms with Gasteiger partial charge in [-0.1, -0.05) is 146 Å². The predicted octanol–water partition coefficient (Wildman–Crippen LogP) is 14.0. The van der Waals surface area contributed by atoms with Crippen molar-refractivity contribution in [2.75, 3.05) is 19.6 Å². The fourth-order valence-corrected chi connectivity index (χ4v) is 6.90. The maximum atomic E-state index is 11.7. The van der Waals surface area contributed by atoms with Crippen LogP contribution in [0.15, 0.2) is 48.6 Å². The monoisotopic (exact) mass is 670 g/mol. The molecule has 280 valence electrons. The lowest BCUT2D eigenvalue weighted by Gasteiger charge is -2.37. The maximum absolute atomic E-state index is 11.7. The molecule has 0 aromatic rings. The van der Waals surface area contributed by atoms with Crippen molar-refractivity contribution in [3.05, 3.63) is 48.6 Å². The van der Waals surface area contributed by atoms with Gasteiger partial charge in [0.1, 0.15) is 0 Å². The molecule has 0 saturated carbocycles. The van der Waals surface area contributed by atoms with Crippen LogP contribution in [-0.2, 0) is 4.74 Å². The molecule has 0 spiro atoms. The number of likely N-dealkylation sites (tertiary alicyclic amines) is 1. The van der Waals surface area contributed by atoms with Crippen molar-refractivity contribution in [3.8, 4) is 0 Å². The molecule has 0 unspecified atom stereocenters. The highest BCUT2D eigenvalue weighted by molar-refractivity contribution is 4.93. The molecule has 0 aliphatic carbocycles. The molecular weight excluding hydrogens is 587 g/mol. The van der Waals surface area contributed by atoms with Gasteiger partial charge in [-0.15, -0.1) is 0 Å². The number of ether oxygens (including phenoxy) is 1. The molecule has 0 radical (unpaired) electrons. The SMILES string of the molecule is CCCCC/C=C\C/C=C\CCCCCCCCC(O)(CCCCCCCC/C=C\C/C=C\CCCCC)OC1CCN(CCC)CC1. The van der Waals surface area contributed by atoms with Gasteiger partial charge in [0.15, 0.2) is 5.79 Å². The van der Waals surface area contributed by atoms with Crippen LogP contribution in [0.4, 0.5) is 0 Å². The first-order chi connectivity index (χ1) is 23.6. The molecule has 48 heavy (non-hydrogen) atoms.